The van der Waals surface area contributed by atoms with Crippen molar-refractivity contribution in [2.24, 2.45) is 11.5 Å². The van der Waals surface area contributed by atoms with Gasteiger partial charge in [-0.2, -0.15) is 13.2 Å². The highest BCUT2D eigenvalue weighted by Crippen LogP contribution is 2.35. The lowest BCUT2D eigenvalue weighted by molar-refractivity contribution is -0.139. The van der Waals surface area contributed by atoms with Crippen molar-refractivity contribution in [3.63, 3.8) is 0 Å². The lowest BCUT2D eigenvalue weighted by Crippen LogP contribution is -2.28. The molecule has 98 valence electrons. The Labute approximate surface area is 101 Å². The van der Waals surface area contributed by atoms with E-state index >= 15 is 0 Å². The van der Waals surface area contributed by atoms with Gasteiger partial charge in [0, 0.05) is 6.42 Å². The number of alkyl halides is 3. The second kappa shape index (κ2) is 5.07. The smallest absolute Gasteiger partial charge is 0.370 e. The third kappa shape index (κ3) is 3.22. The van der Waals surface area contributed by atoms with Crippen molar-refractivity contribution in [3.05, 3.63) is 35.4 Å². The van der Waals surface area contributed by atoms with Crippen LogP contribution < -0.4 is 11.5 Å². The number of carbonyl (C=O) groups excluding carboxylic acids is 2. The minimum atomic E-state index is -4.62. The van der Waals surface area contributed by atoms with E-state index in [0.717, 1.165) is 12.1 Å². The molecule has 0 aromatic heterocycles. The number of hydrogen-bond acceptors (Lipinski definition) is 2. The van der Waals surface area contributed by atoms with E-state index in [-0.39, 0.29) is 5.56 Å². The highest BCUT2D eigenvalue weighted by atomic mass is 19.4. The zero-order valence-corrected chi connectivity index (χ0v) is 9.20. The Balaban J connectivity index is 3.28. The molecule has 4 nitrogen and oxygen atoms in total. The van der Waals surface area contributed by atoms with Crippen LogP contribution >= 0.6 is 0 Å². The maximum atomic E-state index is 12.7. The van der Waals surface area contributed by atoms with E-state index in [1.165, 1.54) is 12.1 Å². The minimum Gasteiger partial charge on any atom is -0.370 e. The summed E-state index contributed by atoms with van der Waals surface area (Å²) in [6, 6.07) is 4.46. The molecule has 0 aliphatic rings. The lowest BCUT2D eigenvalue weighted by Gasteiger charge is -2.18. The zero-order valence-electron chi connectivity index (χ0n) is 9.20. The van der Waals surface area contributed by atoms with Crippen molar-refractivity contribution in [1.29, 1.82) is 0 Å². The van der Waals surface area contributed by atoms with Gasteiger partial charge < -0.3 is 11.5 Å². The van der Waals surface area contributed by atoms with Crippen LogP contribution in [0.2, 0.25) is 0 Å². The van der Waals surface area contributed by atoms with Gasteiger partial charge in [0.1, 0.15) is 0 Å². The van der Waals surface area contributed by atoms with Crippen molar-refractivity contribution >= 4 is 11.8 Å². The molecule has 0 radical (unpaired) electrons. The van der Waals surface area contributed by atoms with Gasteiger partial charge in [0.25, 0.3) is 0 Å². The zero-order chi connectivity index (χ0) is 13.9. The number of rotatable bonds is 4. The molecule has 2 amide bonds. The Hall–Kier alpha value is -2.05. The van der Waals surface area contributed by atoms with E-state index in [1.807, 2.05) is 0 Å². The van der Waals surface area contributed by atoms with Crippen LogP contribution in [0.5, 0.6) is 0 Å². The van der Waals surface area contributed by atoms with Crippen molar-refractivity contribution in [1.82, 2.24) is 0 Å². The van der Waals surface area contributed by atoms with Gasteiger partial charge in [-0.15, -0.1) is 0 Å². The average Bonchev–Trinajstić information content (AvgIpc) is 2.24. The first-order valence-electron chi connectivity index (χ1n) is 4.97. The molecule has 4 N–H and O–H groups in total. The second-order valence-corrected chi connectivity index (χ2v) is 3.71. The van der Waals surface area contributed by atoms with E-state index in [2.05, 4.69) is 0 Å². The van der Waals surface area contributed by atoms with Gasteiger partial charge in [-0.05, 0) is 11.6 Å². The van der Waals surface area contributed by atoms with Crippen molar-refractivity contribution in [2.45, 2.75) is 18.5 Å². The van der Waals surface area contributed by atoms with Gasteiger partial charge in [-0.25, -0.2) is 0 Å². The molecule has 18 heavy (non-hydrogen) atoms. The summed E-state index contributed by atoms with van der Waals surface area (Å²) in [5, 5.41) is 0. The van der Waals surface area contributed by atoms with Gasteiger partial charge in [0.15, 0.2) is 0 Å². The van der Waals surface area contributed by atoms with Crippen LogP contribution in [-0.4, -0.2) is 11.8 Å². The molecule has 1 rings (SSSR count). The minimum absolute atomic E-state index is 0.337. The SMILES string of the molecule is NC(=O)CC(C(N)=O)c1ccccc1C(F)(F)F. The Bertz CT molecular complexity index is 472. The average molecular weight is 260 g/mol. The first-order chi connectivity index (χ1) is 8.23. The van der Waals surface area contributed by atoms with Gasteiger partial charge in [0.05, 0.1) is 11.5 Å². The van der Waals surface area contributed by atoms with E-state index in [0.29, 0.717) is 0 Å². The van der Waals surface area contributed by atoms with Crippen LogP contribution in [0.3, 0.4) is 0 Å². The molecule has 0 spiro atoms. The summed E-state index contributed by atoms with van der Waals surface area (Å²) in [6.45, 7) is 0. The van der Waals surface area contributed by atoms with Crippen LogP contribution in [0.25, 0.3) is 0 Å². The number of nitrogens with two attached hydrogens (primary N) is 2. The first-order valence-corrected chi connectivity index (χ1v) is 4.97. The molecule has 0 bridgehead atoms. The normalized spacial score (nSPS) is 13.1. The largest absolute Gasteiger partial charge is 0.416 e. The van der Waals surface area contributed by atoms with Crippen LogP contribution in [0, 0.1) is 0 Å². The van der Waals surface area contributed by atoms with Gasteiger partial charge >= 0.3 is 6.18 Å². The Morgan fingerprint density at radius 2 is 1.72 bits per heavy atom. The highest BCUT2D eigenvalue weighted by molar-refractivity contribution is 5.88. The van der Waals surface area contributed by atoms with Gasteiger partial charge in [-0.1, -0.05) is 18.2 Å². The second-order valence-electron chi connectivity index (χ2n) is 3.71. The number of benzene rings is 1. The Morgan fingerprint density at radius 1 is 1.17 bits per heavy atom. The fraction of sp³-hybridized carbons (Fsp3) is 0.273. The molecule has 1 aromatic carbocycles. The van der Waals surface area contributed by atoms with Gasteiger partial charge in [0.2, 0.25) is 11.8 Å². The van der Waals surface area contributed by atoms with E-state index in [4.69, 9.17) is 11.5 Å². The summed E-state index contributed by atoms with van der Waals surface area (Å²) >= 11 is 0. The summed E-state index contributed by atoms with van der Waals surface area (Å²) < 4.78 is 38.2. The predicted molar refractivity (Wildman–Crippen MR) is 57.2 cm³/mol. The maximum absolute atomic E-state index is 12.7. The Kier molecular flexibility index (Phi) is 3.95. The third-order valence-corrected chi connectivity index (χ3v) is 2.39. The van der Waals surface area contributed by atoms with E-state index < -0.39 is 35.9 Å². The van der Waals surface area contributed by atoms with Crippen molar-refractivity contribution in [2.75, 3.05) is 0 Å². The number of amides is 2. The van der Waals surface area contributed by atoms with Crippen LogP contribution in [0.1, 0.15) is 23.5 Å². The fourth-order valence-electron chi connectivity index (χ4n) is 1.62. The monoisotopic (exact) mass is 260 g/mol. The molecule has 7 heteroatoms. The van der Waals surface area contributed by atoms with Crippen LogP contribution in [0.15, 0.2) is 24.3 Å². The van der Waals surface area contributed by atoms with Crippen molar-refractivity contribution in [3.8, 4) is 0 Å². The molecular formula is C11H11F3N2O2. The number of carbonyl (C=O) groups is 2. The molecular weight excluding hydrogens is 249 g/mol. The predicted octanol–water partition coefficient (Wildman–Crippen LogP) is 1.15. The lowest BCUT2D eigenvalue weighted by atomic mass is 9.90. The molecule has 0 saturated carbocycles. The van der Waals surface area contributed by atoms with E-state index in [9.17, 15) is 22.8 Å². The highest BCUT2D eigenvalue weighted by Gasteiger charge is 2.36. The maximum Gasteiger partial charge on any atom is 0.416 e. The van der Waals surface area contributed by atoms with Crippen LogP contribution in [-0.2, 0) is 15.8 Å². The van der Waals surface area contributed by atoms with Gasteiger partial charge in [-0.3, -0.25) is 9.59 Å². The topological polar surface area (TPSA) is 86.2 Å². The summed E-state index contributed by atoms with van der Waals surface area (Å²) in [4.78, 5) is 21.9. The fourth-order valence-corrected chi connectivity index (χ4v) is 1.62. The standard InChI is InChI=1S/C11H11F3N2O2/c12-11(13,14)8-4-2-1-3-6(8)7(10(16)18)5-9(15)17/h1-4,7H,5H2,(H2,15,17)(H2,16,18). The molecule has 0 saturated heterocycles. The molecule has 0 aliphatic heterocycles. The molecule has 1 unspecified atom stereocenters. The Morgan fingerprint density at radius 3 is 2.17 bits per heavy atom. The first kappa shape index (κ1) is 14.0. The summed E-state index contributed by atoms with van der Waals surface area (Å²) in [7, 11) is 0. The van der Waals surface area contributed by atoms with Crippen LogP contribution in [0.4, 0.5) is 13.2 Å². The number of primary amides is 2. The molecule has 1 aromatic rings. The molecule has 1 atom stereocenters. The molecule has 0 fully saturated rings. The quantitative estimate of drug-likeness (QED) is 0.850. The van der Waals surface area contributed by atoms with Crippen molar-refractivity contribution < 1.29 is 22.8 Å². The third-order valence-electron chi connectivity index (χ3n) is 2.39. The number of hydrogen-bond donors (Lipinski definition) is 2. The summed E-state index contributed by atoms with van der Waals surface area (Å²) in [5.74, 6) is -3.29. The molecule has 0 aliphatic carbocycles. The van der Waals surface area contributed by atoms with E-state index in [1.54, 1.807) is 0 Å². The number of halogens is 3. The summed E-state index contributed by atoms with van der Waals surface area (Å²) in [5.41, 5.74) is 8.59. The molecule has 0 heterocycles. The summed E-state index contributed by atoms with van der Waals surface area (Å²) in [6.07, 6.45) is -5.18.